The average molecular weight is 445 g/mol. The Bertz CT molecular complexity index is 758. The number of carbonyl (C=O) groups excluding carboxylic acids is 1. The minimum absolute atomic E-state index is 0.00129. The lowest BCUT2D eigenvalue weighted by molar-refractivity contribution is -0.121. The van der Waals surface area contributed by atoms with Crippen LogP contribution in [-0.4, -0.2) is 39.8 Å². The normalized spacial score (nSPS) is 15.8. The highest BCUT2D eigenvalue weighted by Gasteiger charge is 2.26. The van der Waals surface area contributed by atoms with E-state index in [1.807, 2.05) is 18.2 Å². The number of aromatic nitrogens is 2. The SMILES string of the molecule is CCCSc1nnc(NC(=O)C2CCN(Cc3c(Cl)cccc3Cl)CC2)s1. The molecule has 1 aliphatic heterocycles. The lowest BCUT2D eigenvalue weighted by atomic mass is 9.95. The molecule has 0 aliphatic carbocycles. The Hall–Kier alpha value is -0.860. The molecule has 2 heterocycles. The van der Waals surface area contributed by atoms with Gasteiger partial charge in [-0.3, -0.25) is 9.69 Å². The summed E-state index contributed by atoms with van der Waals surface area (Å²) in [5, 5.41) is 13.1. The van der Waals surface area contributed by atoms with E-state index in [0.29, 0.717) is 21.7 Å². The second-order valence-electron chi connectivity index (χ2n) is 6.46. The second kappa shape index (κ2) is 10.1. The standard InChI is InChI=1S/C18H22Cl2N4OS2/c1-2-10-26-18-23-22-17(27-18)21-16(25)12-6-8-24(9-7-12)11-13-14(19)4-3-5-15(13)20/h3-5,12H,2,6-11H2,1H3,(H,21,22,25). The van der Waals surface area contributed by atoms with Crippen molar-refractivity contribution in [2.75, 3.05) is 24.2 Å². The molecule has 1 aromatic carbocycles. The van der Waals surface area contributed by atoms with Crippen molar-refractivity contribution in [2.24, 2.45) is 5.92 Å². The van der Waals surface area contributed by atoms with E-state index >= 15 is 0 Å². The lowest BCUT2D eigenvalue weighted by Gasteiger charge is -2.31. The molecule has 1 aliphatic rings. The summed E-state index contributed by atoms with van der Waals surface area (Å²) in [4.78, 5) is 14.8. The maximum atomic E-state index is 12.5. The first-order chi connectivity index (χ1) is 13.1. The Labute approximate surface area is 177 Å². The van der Waals surface area contributed by atoms with Gasteiger partial charge in [-0.2, -0.15) is 0 Å². The molecule has 9 heteroatoms. The van der Waals surface area contributed by atoms with Gasteiger partial charge in [0, 0.05) is 33.8 Å². The van der Waals surface area contributed by atoms with Gasteiger partial charge in [0.05, 0.1) is 0 Å². The third-order valence-electron chi connectivity index (χ3n) is 4.47. The van der Waals surface area contributed by atoms with Gasteiger partial charge in [-0.15, -0.1) is 10.2 Å². The van der Waals surface area contributed by atoms with Crippen molar-refractivity contribution in [1.29, 1.82) is 0 Å². The summed E-state index contributed by atoms with van der Waals surface area (Å²) in [6.07, 6.45) is 2.71. The van der Waals surface area contributed by atoms with Gasteiger partial charge in [0.1, 0.15) is 0 Å². The summed E-state index contributed by atoms with van der Waals surface area (Å²) in [6.45, 7) is 4.52. The fourth-order valence-electron chi connectivity index (χ4n) is 2.98. The van der Waals surface area contributed by atoms with E-state index in [1.54, 1.807) is 11.8 Å². The van der Waals surface area contributed by atoms with Crippen molar-refractivity contribution in [1.82, 2.24) is 15.1 Å². The fraction of sp³-hybridized carbons (Fsp3) is 0.500. The smallest absolute Gasteiger partial charge is 0.229 e. The molecule has 27 heavy (non-hydrogen) atoms. The van der Waals surface area contributed by atoms with Crippen LogP contribution in [0.1, 0.15) is 31.7 Å². The zero-order chi connectivity index (χ0) is 19.2. The van der Waals surface area contributed by atoms with Crippen molar-refractivity contribution in [2.45, 2.75) is 37.1 Å². The molecule has 1 amide bonds. The highest BCUT2D eigenvalue weighted by atomic mass is 35.5. The Balaban J connectivity index is 1.48. The molecule has 1 N–H and O–H groups in total. The molecule has 0 atom stereocenters. The van der Waals surface area contributed by atoms with Crippen molar-refractivity contribution in [3.05, 3.63) is 33.8 Å². The molecule has 0 bridgehead atoms. The summed E-state index contributed by atoms with van der Waals surface area (Å²) in [6, 6.07) is 5.57. The number of nitrogens with zero attached hydrogens (tertiary/aromatic N) is 3. The maximum Gasteiger partial charge on any atom is 0.229 e. The number of thioether (sulfide) groups is 1. The van der Waals surface area contributed by atoms with Crippen molar-refractivity contribution >= 4 is 57.3 Å². The summed E-state index contributed by atoms with van der Waals surface area (Å²) >= 11 is 15.6. The van der Waals surface area contributed by atoms with Crippen LogP contribution in [0.2, 0.25) is 10.0 Å². The number of benzene rings is 1. The number of amides is 1. The first-order valence-corrected chi connectivity index (χ1v) is 11.5. The van der Waals surface area contributed by atoms with E-state index in [4.69, 9.17) is 23.2 Å². The molecule has 146 valence electrons. The van der Waals surface area contributed by atoms with Crippen LogP contribution in [0.25, 0.3) is 0 Å². The van der Waals surface area contributed by atoms with E-state index in [-0.39, 0.29) is 11.8 Å². The van der Waals surface area contributed by atoms with Gasteiger partial charge in [0.2, 0.25) is 11.0 Å². The van der Waals surface area contributed by atoms with E-state index in [2.05, 4.69) is 27.3 Å². The van der Waals surface area contributed by atoms with E-state index in [9.17, 15) is 4.79 Å². The molecule has 1 saturated heterocycles. The zero-order valence-electron chi connectivity index (χ0n) is 15.1. The van der Waals surface area contributed by atoms with Gasteiger partial charge in [-0.25, -0.2) is 0 Å². The van der Waals surface area contributed by atoms with E-state index < -0.39 is 0 Å². The van der Waals surface area contributed by atoms with Crippen LogP contribution < -0.4 is 5.32 Å². The number of halogens is 2. The molecule has 5 nitrogen and oxygen atoms in total. The summed E-state index contributed by atoms with van der Waals surface area (Å²) in [5.41, 5.74) is 0.953. The zero-order valence-corrected chi connectivity index (χ0v) is 18.2. The minimum Gasteiger partial charge on any atom is -0.300 e. The molecule has 3 rings (SSSR count). The molecule has 0 unspecified atom stereocenters. The number of hydrogen-bond donors (Lipinski definition) is 1. The predicted octanol–water partition coefficient (Wildman–Crippen LogP) is 5.20. The Morgan fingerprint density at radius 1 is 1.30 bits per heavy atom. The number of hydrogen-bond acceptors (Lipinski definition) is 6. The van der Waals surface area contributed by atoms with Gasteiger partial charge in [0.25, 0.3) is 0 Å². The Morgan fingerprint density at radius 2 is 2.00 bits per heavy atom. The predicted molar refractivity (Wildman–Crippen MR) is 114 cm³/mol. The van der Waals surface area contributed by atoms with E-state index in [0.717, 1.165) is 48.0 Å². The number of rotatable bonds is 7. The Kier molecular flexibility index (Phi) is 7.78. The quantitative estimate of drug-likeness (QED) is 0.469. The minimum atomic E-state index is -0.00129. The van der Waals surface area contributed by atoms with Crippen LogP contribution >= 0.6 is 46.3 Å². The molecule has 0 saturated carbocycles. The first kappa shape index (κ1) is 20.9. The van der Waals surface area contributed by atoms with Gasteiger partial charge in [-0.05, 0) is 44.5 Å². The van der Waals surface area contributed by atoms with Gasteiger partial charge in [0.15, 0.2) is 4.34 Å². The van der Waals surface area contributed by atoms with Crippen LogP contribution in [0.15, 0.2) is 22.5 Å². The average Bonchev–Trinajstić information content (AvgIpc) is 3.11. The van der Waals surface area contributed by atoms with Gasteiger partial charge >= 0.3 is 0 Å². The molecule has 2 aromatic rings. The van der Waals surface area contributed by atoms with Gasteiger partial charge < -0.3 is 5.32 Å². The third kappa shape index (κ3) is 5.81. The number of carbonyl (C=O) groups is 1. The largest absolute Gasteiger partial charge is 0.300 e. The van der Waals surface area contributed by atoms with Crippen LogP contribution in [0.4, 0.5) is 5.13 Å². The molecule has 0 radical (unpaired) electrons. The summed E-state index contributed by atoms with van der Waals surface area (Å²) in [7, 11) is 0. The van der Waals surface area contributed by atoms with Crippen LogP contribution in [0, 0.1) is 5.92 Å². The van der Waals surface area contributed by atoms with Crippen molar-refractivity contribution in [3.8, 4) is 0 Å². The number of anilines is 1. The molecule has 1 aromatic heterocycles. The van der Waals surface area contributed by atoms with Gasteiger partial charge in [-0.1, -0.05) is 59.3 Å². The highest BCUT2D eigenvalue weighted by Crippen LogP contribution is 2.29. The molecule has 0 spiro atoms. The lowest BCUT2D eigenvalue weighted by Crippen LogP contribution is -2.37. The van der Waals surface area contributed by atoms with E-state index in [1.165, 1.54) is 11.3 Å². The molecule has 1 fully saturated rings. The molecular weight excluding hydrogens is 423 g/mol. The van der Waals surface area contributed by atoms with Crippen molar-refractivity contribution in [3.63, 3.8) is 0 Å². The number of nitrogens with one attached hydrogen (secondary N) is 1. The topological polar surface area (TPSA) is 58.1 Å². The number of piperidine rings is 1. The highest BCUT2D eigenvalue weighted by molar-refractivity contribution is 8.01. The first-order valence-electron chi connectivity index (χ1n) is 8.99. The number of likely N-dealkylation sites (tertiary alicyclic amines) is 1. The summed E-state index contributed by atoms with van der Waals surface area (Å²) in [5.74, 6) is 1.04. The Morgan fingerprint density at radius 3 is 2.67 bits per heavy atom. The molecular formula is C18H22Cl2N4OS2. The monoisotopic (exact) mass is 444 g/mol. The second-order valence-corrected chi connectivity index (χ2v) is 9.60. The van der Waals surface area contributed by atoms with Crippen LogP contribution in [0.5, 0.6) is 0 Å². The summed E-state index contributed by atoms with van der Waals surface area (Å²) < 4.78 is 0.901. The van der Waals surface area contributed by atoms with Crippen molar-refractivity contribution < 1.29 is 4.79 Å². The maximum absolute atomic E-state index is 12.5. The van der Waals surface area contributed by atoms with Crippen LogP contribution in [-0.2, 0) is 11.3 Å². The van der Waals surface area contributed by atoms with Crippen LogP contribution in [0.3, 0.4) is 0 Å². The third-order valence-corrected chi connectivity index (χ3v) is 7.35. The fourth-order valence-corrected chi connectivity index (χ4v) is 5.17.